The van der Waals surface area contributed by atoms with E-state index in [-0.39, 0.29) is 11.4 Å². The van der Waals surface area contributed by atoms with Crippen LogP contribution in [-0.4, -0.2) is 29.0 Å². The Morgan fingerprint density at radius 1 is 1.32 bits per heavy atom. The zero-order chi connectivity index (χ0) is 14.6. The lowest BCUT2D eigenvalue weighted by Crippen LogP contribution is -2.16. The van der Waals surface area contributed by atoms with Crippen LogP contribution < -0.4 is 5.32 Å². The fourth-order valence-corrected chi connectivity index (χ4v) is 1.65. The Morgan fingerprint density at radius 3 is 2.42 bits per heavy atom. The van der Waals surface area contributed by atoms with Crippen LogP contribution in [0.3, 0.4) is 0 Å². The number of hydrogen-bond donors (Lipinski definition) is 2. The first-order chi connectivity index (χ1) is 8.74. The molecule has 104 valence electrons. The van der Waals surface area contributed by atoms with Gasteiger partial charge in [-0.1, -0.05) is 0 Å². The predicted octanol–water partition coefficient (Wildman–Crippen LogP) is 2.71. The number of hydrogen-bond acceptors (Lipinski definition) is 3. The molecule has 0 aromatic heterocycles. The molecule has 0 radical (unpaired) electrons. The van der Waals surface area contributed by atoms with Gasteiger partial charge in [0.05, 0.1) is 16.9 Å². The summed E-state index contributed by atoms with van der Waals surface area (Å²) in [6.07, 6.45) is -3.02. The number of anilines is 1. The Morgan fingerprint density at radius 2 is 1.95 bits per heavy atom. The molecule has 0 spiro atoms. The minimum atomic E-state index is -4.68. The zero-order valence-corrected chi connectivity index (χ0v) is 10.6. The van der Waals surface area contributed by atoms with Gasteiger partial charge in [-0.3, -0.25) is 4.79 Å². The molecule has 0 bridgehead atoms. The van der Waals surface area contributed by atoms with Gasteiger partial charge < -0.3 is 10.4 Å². The molecule has 0 atom stereocenters. The number of carboxylic acids is 1. The number of carbonyl (C=O) groups is 2. The van der Waals surface area contributed by atoms with Gasteiger partial charge in [0, 0.05) is 5.69 Å². The third-order valence-corrected chi connectivity index (χ3v) is 2.62. The van der Waals surface area contributed by atoms with Crippen molar-refractivity contribution in [2.24, 2.45) is 0 Å². The molecular formula is C11H10F3NO3S. The van der Waals surface area contributed by atoms with Gasteiger partial charge in [0.15, 0.2) is 0 Å². The van der Waals surface area contributed by atoms with Crippen molar-refractivity contribution in [3.8, 4) is 0 Å². The molecule has 1 aromatic rings. The standard InChI is InChI=1S/C11H10F3NO3S/c1-19-5-9(16)15-8-3-6(10(17)18)2-7(4-8)11(12,13)14/h2-4H,5H2,1H3,(H,15,16)(H,17,18). The highest BCUT2D eigenvalue weighted by Crippen LogP contribution is 2.32. The molecule has 0 heterocycles. The summed E-state index contributed by atoms with van der Waals surface area (Å²) in [6, 6.07) is 2.20. The van der Waals surface area contributed by atoms with Crippen LogP contribution in [0.15, 0.2) is 18.2 Å². The number of thioether (sulfide) groups is 1. The van der Waals surface area contributed by atoms with Crippen LogP contribution >= 0.6 is 11.8 Å². The maximum absolute atomic E-state index is 12.6. The third kappa shape index (κ3) is 4.47. The van der Waals surface area contributed by atoms with E-state index in [9.17, 15) is 22.8 Å². The molecule has 1 aromatic carbocycles. The number of aromatic carboxylic acids is 1. The predicted molar refractivity (Wildman–Crippen MR) is 65.4 cm³/mol. The fraction of sp³-hybridized carbons (Fsp3) is 0.273. The van der Waals surface area contributed by atoms with Gasteiger partial charge in [-0.25, -0.2) is 4.79 Å². The molecule has 0 aliphatic heterocycles. The van der Waals surface area contributed by atoms with Crippen LogP contribution in [0, 0.1) is 0 Å². The largest absolute Gasteiger partial charge is 0.478 e. The highest BCUT2D eigenvalue weighted by atomic mass is 32.2. The van der Waals surface area contributed by atoms with E-state index in [1.807, 2.05) is 0 Å². The third-order valence-electron chi connectivity index (χ3n) is 2.07. The summed E-state index contributed by atoms with van der Waals surface area (Å²) in [5, 5.41) is 11.0. The average Bonchev–Trinajstić information content (AvgIpc) is 2.27. The maximum atomic E-state index is 12.6. The van der Waals surface area contributed by atoms with Crippen LogP contribution in [0.4, 0.5) is 18.9 Å². The molecule has 0 saturated carbocycles. The number of benzene rings is 1. The van der Waals surface area contributed by atoms with Crippen LogP contribution in [0.2, 0.25) is 0 Å². The van der Waals surface area contributed by atoms with Gasteiger partial charge in [-0.15, -0.1) is 0 Å². The van der Waals surface area contributed by atoms with Crippen molar-refractivity contribution < 1.29 is 27.9 Å². The molecule has 0 saturated heterocycles. The molecule has 19 heavy (non-hydrogen) atoms. The Kier molecular flexibility index (Phi) is 4.82. The van der Waals surface area contributed by atoms with Gasteiger partial charge in [0.2, 0.25) is 5.91 Å². The van der Waals surface area contributed by atoms with Crippen molar-refractivity contribution in [2.45, 2.75) is 6.18 Å². The molecule has 0 aliphatic carbocycles. The van der Waals surface area contributed by atoms with Crippen molar-refractivity contribution in [3.63, 3.8) is 0 Å². The number of rotatable bonds is 4. The van der Waals surface area contributed by atoms with Crippen molar-refractivity contribution in [2.75, 3.05) is 17.3 Å². The highest BCUT2D eigenvalue weighted by Gasteiger charge is 2.32. The molecule has 1 rings (SSSR count). The molecule has 0 unspecified atom stereocenters. The minimum Gasteiger partial charge on any atom is -0.478 e. The SMILES string of the molecule is CSCC(=O)Nc1cc(C(=O)O)cc(C(F)(F)F)c1. The lowest BCUT2D eigenvalue weighted by Gasteiger charge is -2.11. The second kappa shape index (κ2) is 5.96. The van der Waals surface area contributed by atoms with Gasteiger partial charge in [0.25, 0.3) is 0 Å². The van der Waals surface area contributed by atoms with Gasteiger partial charge in [-0.05, 0) is 24.5 Å². The Bertz CT molecular complexity index is 502. The molecular weight excluding hydrogens is 283 g/mol. The second-order valence-electron chi connectivity index (χ2n) is 3.58. The molecule has 1 amide bonds. The minimum absolute atomic E-state index is 0.0681. The van der Waals surface area contributed by atoms with E-state index in [4.69, 9.17) is 5.11 Å². The number of carboxylic acid groups (broad SMARTS) is 1. The smallest absolute Gasteiger partial charge is 0.416 e. The van der Waals surface area contributed by atoms with Crippen molar-refractivity contribution in [1.29, 1.82) is 0 Å². The second-order valence-corrected chi connectivity index (χ2v) is 4.45. The Labute approximate surface area is 111 Å². The summed E-state index contributed by atoms with van der Waals surface area (Å²) in [4.78, 5) is 22.1. The molecule has 4 nitrogen and oxygen atoms in total. The molecule has 2 N–H and O–H groups in total. The van der Waals surface area contributed by atoms with E-state index in [2.05, 4.69) is 5.32 Å². The first-order valence-corrected chi connectivity index (χ1v) is 6.38. The van der Waals surface area contributed by atoms with Gasteiger partial charge in [-0.2, -0.15) is 24.9 Å². The van der Waals surface area contributed by atoms with Crippen LogP contribution in [0.25, 0.3) is 0 Å². The van der Waals surface area contributed by atoms with Gasteiger partial charge >= 0.3 is 12.1 Å². The summed E-state index contributed by atoms with van der Waals surface area (Å²) in [6.45, 7) is 0. The van der Waals surface area contributed by atoms with Crippen LogP contribution in [-0.2, 0) is 11.0 Å². The number of carbonyl (C=O) groups excluding carboxylic acids is 1. The van der Waals surface area contributed by atoms with Gasteiger partial charge in [0.1, 0.15) is 0 Å². The maximum Gasteiger partial charge on any atom is 0.416 e. The van der Waals surface area contributed by atoms with Crippen LogP contribution in [0.5, 0.6) is 0 Å². The van der Waals surface area contributed by atoms with E-state index < -0.39 is 29.2 Å². The van der Waals surface area contributed by atoms with Crippen molar-refractivity contribution >= 4 is 29.3 Å². The lowest BCUT2D eigenvalue weighted by molar-refractivity contribution is -0.137. The normalized spacial score (nSPS) is 11.2. The molecule has 8 heteroatoms. The summed E-state index contributed by atoms with van der Waals surface area (Å²) in [5.41, 5.74) is -1.84. The zero-order valence-electron chi connectivity index (χ0n) is 9.75. The number of amides is 1. The van der Waals surface area contributed by atoms with Crippen molar-refractivity contribution in [1.82, 2.24) is 0 Å². The fourth-order valence-electron chi connectivity index (χ4n) is 1.32. The monoisotopic (exact) mass is 293 g/mol. The molecule has 0 aliphatic rings. The first kappa shape index (κ1) is 15.4. The topological polar surface area (TPSA) is 66.4 Å². The van der Waals surface area contributed by atoms with E-state index in [1.165, 1.54) is 11.8 Å². The van der Waals surface area contributed by atoms with E-state index in [1.54, 1.807) is 6.26 Å². The summed E-state index contributed by atoms with van der Waals surface area (Å²) in [5.74, 6) is -1.92. The number of nitrogens with one attached hydrogen (secondary N) is 1. The van der Waals surface area contributed by atoms with Crippen molar-refractivity contribution in [3.05, 3.63) is 29.3 Å². The average molecular weight is 293 g/mol. The van der Waals surface area contributed by atoms with Crippen LogP contribution in [0.1, 0.15) is 15.9 Å². The lowest BCUT2D eigenvalue weighted by atomic mass is 10.1. The Balaban J connectivity index is 3.14. The number of alkyl halides is 3. The molecule has 0 fully saturated rings. The summed E-state index contributed by atoms with van der Waals surface area (Å²) < 4.78 is 37.8. The van der Waals surface area contributed by atoms with E-state index in [0.29, 0.717) is 12.1 Å². The first-order valence-electron chi connectivity index (χ1n) is 4.98. The number of halogens is 3. The van der Waals surface area contributed by atoms with E-state index >= 15 is 0 Å². The van der Waals surface area contributed by atoms with E-state index in [0.717, 1.165) is 6.07 Å². The Hall–Kier alpha value is -1.70. The quantitative estimate of drug-likeness (QED) is 0.895. The summed E-state index contributed by atoms with van der Waals surface area (Å²) in [7, 11) is 0. The highest BCUT2D eigenvalue weighted by molar-refractivity contribution is 7.99. The summed E-state index contributed by atoms with van der Waals surface area (Å²) >= 11 is 1.20.